The number of fused-ring (bicyclic) bond motifs is 1. The van der Waals surface area contributed by atoms with Crippen molar-refractivity contribution in [3.8, 4) is 5.88 Å². The Hall–Kier alpha value is -1.10. The molecule has 0 spiro atoms. The third-order valence-corrected chi connectivity index (χ3v) is 3.34. The van der Waals surface area contributed by atoms with Crippen molar-refractivity contribution in [3.63, 3.8) is 0 Å². The zero-order valence-corrected chi connectivity index (χ0v) is 9.34. The molecule has 0 radical (unpaired) electrons. The van der Waals surface area contributed by atoms with Gasteiger partial charge in [0.05, 0.1) is 12.8 Å². The first kappa shape index (κ1) is 10.4. The van der Waals surface area contributed by atoms with Gasteiger partial charge >= 0.3 is 0 Å². The molecule has 0 aromatic carbocycles. The van der Waals surface area contributed by atoms with Gasteiger partial charge in [-0.15, -0.1) is 0 Å². The van der Waals surface area contributed by atoms with Crippen LogP contribution in [0.1, 0.15) is 21.9 Å². The molecule has 0 saturated heterocycles. The van der Waals surface area contributed by atoms with Crippen molar-refractivity contribution in [1.29, 1.82) is 0 Å². The average molecular weight is 224 g/mol. The van der Waals surface area contributed by atoms with Gasteiger partial charge < -0.3 is 4.74 Å². The molecule has 0 bridgehead atoms. The second kappa shape index (κ2) is 4.61. The van der Waals surface area contributed by atoms with Gasteiger partial charge in [0, 0.05) is 5.56 Å². The molecule has 2 rings (SSSR count). The van der Waals surface area contributed by atoms with Crippen molar-refractivity contribution >= 4 is 18.0 Å². The topological polar surface area (TPSA) is 52.1 Å². The van der Waals surface area contributed by atoms with E-state index in [1.807, 2.05) is 11.8 Å². The van der Waals surface area contributed by atoms with E-state index in [0.29, 0.717) is 12.2 Å². The summed E-state index contributed by atoms with van der Waals surface area (Å²) in [6, 6.07) is 0. The molecule has 0 unspecified atom stereocenters. The molecule has 0 fully saturated rings. The summed E-state index contributed by atoms with van der Waals surface area (Å²) >= 11 is 1.89. The highest BCUT2D eigenvalue weighted by Gasteiger charge is 2.16. The predicted molar refractivity (Wildman–Crippen MR) is 58.7 cm³/mol. The number of thioether (sulfide) groups is 1. The zero-order chi connectivity index (χ0) is 10.7. The molecule has 0 N–H and O–H groups in total. The Balaban J connectivity index is 2.49. The van der Waals surface area contributed by atoms with Gasteiger partial charge in [-0.25, -0.2) is 4.98 Å². The van der Waals surface area contributed by atoms with Crippen LogP contribution in [0.4, 0.5) is 0 Å². The summed E-state index contributed by atoms with van der Waals surface area (Å²) in [5.74, 6) is 2.89. The Labute approximate surface area is 92.5 Å². The molecule has 0 saturated carbocycles. The number of carbonyl (C=O) groups excluding carboxylic acids is 1. The van der Waals surface area contributed by atoms with Gasteiger partial charge in [0.2, 0.25) is 5.88 Å². The Morgan fingerprint density at radius 1 is 1.33 bits per heavy atom. The fourth-order valence-corrected chi connectivity index (χ4v) is 2.54. The molecule has 2 heterocycles. The van der Waals surface area contributed by atoms with Gasteiger partial charge in [-0.3, -0.25) is 4.79 Å². The van der Waals surface area contributed by atoms with E-state index in [4.69, 9.17) is 4.74 Å². The Morgan fingerprint density at radius 2 is 2.13 bits per heavy atom. The molecule has 1 aliphatic rings. The lowest BCUT2D eigenvalue weighted by Gasteiger charge is -2.09. The summed E-state index contributed by atoms with van der Waals surface area (Å²) in [4.78, 5) is 18.9. The number of rotatable bonds is 2. The molecule has 5 heteroatoms. The summed E-state index contributed by atoms with van der Waals surface area (Å²) in [6.45, 7) is 0. The highest BCUT2D eigenvalue weighted by Crippen LogP contribution is 2.25. The third kappa shape index (κ3) is 2.12. The van der Waals surface area contributed by atoms with Crippen LogP contribution in [0.5, 0.6) is 5.88 Å². The van der Waals surface area contributed by atoms with Crippen molar-refractivity contribution in [1.82, 2.24) is 9.97 Å². The molecule has 15 heavy (non-hydrogen) atoms. The van der Waals surface area contributed by atoms with E-state index in [1.54, 1.807) is 7.11 Å². The van der Waals surface area contributed by atoms with Crippen molar-refractivity contribution in [3.05, 3.63) is 17.1 Å². The van der Waals surface area contributed by atoms with Crippen molar-refractivity contribution in [2.75, 3.05) is 18.6 Å². The maximum Gasteiger partial charge on any atom is 0.220 e. The number of hydrogen-bond donors (Lipinski definition) is 0. The van der Waals surface area contributed by atoms with Crippen LogP contribution in [0.3, 0.4) is 0 Å². The monoisotopic (exact) mass is 224 g/mol. The molecular weight excluding hydrogens is 212 g/mol. The smallest absolute Gasteiger partial charge is 0.220 e. The SMILES string of the molecule is COc1nc(C=O)nc2c1CCSCC2. The number of nitrogens with zero attached hydrogens (tertiary/aromatic N) is 2. The van der Waals surface area contributed by atoms with Gasteiger partial charge in [0.1, 0.15) is 0 Å². The summed E-state index contributed by atoms with van der Waals surface area (Å²) in [7, 11) is 1.58. The number of ether oxygens (including phenoxy) is 1. The second-order valence-corrected chi connectivity index (χ2v) is 4.47. The van der Waals surface area contributed by atoms with E-state index in [1.165, 1.54) is 0 Å². The van der Waals surface area contributed by atoms with E-state index >= 15 is 0 Å². The normalized spacial score (nSPS) is 15.3. The fourth-order valence-electron chi connectivity index (χ4n) is 1.65. The first-order valence-corrected chi connectivity index (χ1v) is 5.97. The maximum absolute atomic E-state index is 10.7. The van der Waals surface area contributed by atoms with Crippen LogP contribution in [-0.2, 0) is 12.8 Å². The highest BCUT2D eigenvalue weighted by atomic mass is 32.2. The summed E-state index contributed by atoms with van der Waals surface area (Å²) in [5, 5.41) is 0. The number of methoxy groups -OCH3 is 1. The Morgan fingerprint density at radius 3 is 2.87 bits per heavy atom. The number of hydrogen-bond acceptors (Lipinski definition) is 5. The lowest BCUT2D eigenvalue weighted by molar-refractivity contribution is 0.111. The average Bonchev–Trinajstić information content (AvgIpc) is 2.52. The first-order valence-electron chi connectivity index (χ1n) is 4.82. The van der Waals surface area contributed by atoms with Crippen LogP contribution >= 0.6 is 11.8 Å². The molecule has 0 aliphatic carbocycles. The third-order valence-electron chi connectivity index (χ3n) is 2.35. The number of carbonyl (C=O) groups is 1. The van der Waals surface area contributed by atoms with E-state index in [-0.39, 0.29) is 5.82 Å². The lowest BCUT2D eigenvalue weighted by Crippen LogP contribution is -2.07. The largest absolute Gasteiger partial charge is 0.481 e. The number of aldehydes is 1. The minimum atomic E-state index is 0.220. The van der Waals surface area contributed by atoms with Crippen LogP contribution in [0.25, 0.3) is 0 Å². The van der Waals surface area contributed by atoms with Crippen molar-refractivity contribution < 1.29 is 9.53 Å². The fraction of sp³-hybridized carbons (Fsp3) is 0.500. The predicted octanol–water partition coefficient (Wildman–Crippen LogP) is 1.13. The summed E-state index contributed by atoms with van der Waals surface area (Å²) < 4.78 is 5.19. The van der Waals surface area contributed by atoms with Crippen LogP contribution < -0.4 is 4.74 Å². The van der Waals surface area contributed by atoms with Gasteiger partial charge in [-0.1, -0.05) is 0 Å². The first-order chi connectivity index (χ1) is 7.35. The van der Waals surface area contributed by atoms with Gasteiger partial charge in [0.15, 0.2) is 12.1 Å². The molecule has 1 aliphatic heterocycles. The van der Waals surface area contributed by atoms with Crippen molar-refractivity contribution in [2.24, 2.45) is 0 Å². The molecule has 1 aromatic heterocycles. The van der Waals surface area contributed by atoms with Gasteiger partial charge in [-0.05, 0) is 24.3 Å². The Bertz CT molecular complexity index is 382. The minimum absolute atomic E-state index is 0.220. The van der Waals surface area contributed by atoms with E-state index in [0.717, 1.165) is 35.6 Å². The van der Waals surface area contributed by atoms with Gasteiger partial charge in [0.25, 0.3) is 0 Å². The zero-order valence-electron chi connectivity index (χ0n) is 8.52. The van der Waals surface area contributed by atoms with E-state index in [9.17, 15) is 4.79 Å². The number of aryl methyl sites for hydroxylation is 1. The molecule has 80 valence electrons. The lowest BCUT2D eigenvalue weighted by atomic mass is 10.1. The number of aromatic nitrogens is 2. The van der Waals surface area contributed by atoms with Crippen LogP contribution in [0.15, 0.2) is 0 Å². The molecule has 4 nitrogen and oxygen atoms in total. The Kier molecular flexibility index (Phi) is 3.20. The molecular formula is C10H12N2O2S. The molecule has 0 atom stereocenters. The maximum atomic E-state index is 10.7. The minimum Gasteiger partial charge on any atom is -0.481 e. The van der Waals surface area contributed by atoms with Crippen molar-refractivity contribution in [2.45, 2.75) is 12.8 Å². The summed E-state index contributed by atoms with van der Waals surface area (Å²) in [6.07, 6.45) is 2.48. The van der Waals surface area contributed by atoms with Crippen LogP contribution in [0, 0.1) is 0 Å². The summed E-state index contributed by atoms with van der Waals surface area (Å²) in [5.41, 5.74) is 2.03. The van der Waals surface area contributed by atoms with Gasteiger partial charge in [-0.2, -0.15) is 16.7 Å². The van der Waals surface area contributed by atoms with Crippen LogP contribution in [0.2, 0.25) is 0 Å². The highest BCUT2D eigenvalue weighted by molar-refractivity contribution is 7.99. The quantitative estimate of drug-likeness (QED) is 0.705. The van der Waals surface area contributed by atoms with Crippen LogP contribution in [-0.4, -0.2) is 34.9 Å². The molecule has 0 amide bonds. The van der Waals surface area contributed by atoms with E-state index in [2.05, 4.69) is 9.97 Å². The second-order valence-electron chi connectivity index (χ2n) is 3.25. The molecule has 1 aromatic rings. The van der Waals surface area contributed by atoms with E-state index < -0.39 is 0 Å². The standard InChI is InChI=1S/C10H12N2O2S/c1-14-10-7-2-4-15-5-3-8(7)11-9(6-13)12-10/h6H,2-5H2,1H3.